The summed E-state index contributed by atoms with van der Waals surface area (Å²) in [5.74, 6) is 3.47. The fourth-order valence-electron chi connectivity index (χ4n) is 2.27. The van der Waals surface area contributed by atoms with Crippen molar-refractivity contribution in [1.29, 1.82) is 0 Å². The molecule has 0 aliphatic rings. The minimum Gasteiger partial charge on any atom is -0.372 e. The monoisotopic (exact) mass is 314 g/mol. The highest BCUT2D eigenvalue weighted by molar-refractivity contribution is 7.98. The summed E-state index contributed by atoms with van der Waals surface area (Å²) < 4.78 is 2.03. The van der Waals surface area contributed by atoms with Gasteiger partial charge in [0.15, 0.2) is 5.16 Å². The lowest BCUT2D eigenvalue weighted by Gasteiger charge is -2.07. The van der Waals surface area contributed by atoms with E-state index in [1.807, 2.05) is 42.9 Å². The fourth-order valence-corrected chi connectivity index (χ4v) is 3.10. The fraction of sp³-hybridized carbons (Fsp3) is 0.333. The highest BCUT2D eigenvalue weighted by Crippen LogP contribution is 2.25. The van der Waals surface area contributed by atoms with E-state index in [1.54, 1.807) is 11.8 Å². The van der Waals surface area contributed by atoms with E-state index in [2.05, 4.69) is 32.4 Å². The van der Waals surface area contributed by atoms with Crippen LogP contribution in [0.25, 0.3) is 10.9 Å². The van der Waals surface area contributed by atoms with Crippen molar-refractivity contribution in [1.82, 2.24) is 24.7 Å². The molecule has 0 amide bonds. The van der Waals surface area contributed by atoms with Gasteiger partial charge in [0.25, 0.3) is 0 Å². The van der Waals surface area contributed by atoms with Crippen molar-refractivity contribution < 1.29 is 0 Å². The largest absolute Gasteiger partial charge is 0.372 e. The molecule has 3 aromatic rings. The Bertz CT molecular complexity index is 798. The predicted octanol–water partition coefficient (Wildman–Crippen LogP) is 2.65. The first-order chi connectivity index (χ1) is 10.7. The second-order valence-electron chi connectivity index (χ2n) is 4.86. The van der Waals surface area contributed by atoms with Gasteiger partial charge >= 0.3 is 0 Å². The Morgan fingerprint density at radius 2 is 1.91 bits per heavy atom. The number of anilines is 1. The van der Waals surface area contributed by atoms with E-state index in [0.717, 1.165) is 39.9 Å². The summed E-state index contributed by atoms with van der Waals surface area (Å²) in [4.78, 5) is 9.18. The Kier molecular flexibility index (Phi) is 4.24. The highest BCUT2D eigenvalue weighted by Gasteiger charge is 2.10. The molecule has 0 aliphatic carbocycles. The van der Waals surface area contributed by atoms with Crippen molar-refractivity contribution in [2.24, 2.45) is 7.05 Å². The standard InChI is InChI=1S/C15H18N6S/c1-4-12-19-20-13(21(12)3)9-22-15-17-11-8-6-5-7-10(11)14(16-2)18-15/h5-8H,4,9H2,1-3H3,(H,16,17,18). The zero-order valence-corrected chi connectivity index (χ0v) is 13.7. The normalized spacial score (nSPS) is 11.0. The third kappa shape index (κ3) is 2.76. The zero-order valence-electron chi connectivity index (χ0n) is 12.9. The Labute approximate surface area is 133 Å². The Balaban J connectivity index is 1.86. The van der Waals surface area contributed by atoms with Crippen LogP contribution in [0.4, 0.5) is 5.82 Å². The molecule has 1 N–H and O–H groups in total. The van der Waals surface area contributed by atoms with Crippen molar-refractivity contribution in [2.45, 2.75) is 24.3 Å². The lowest BCUT2D eigenvalue weighted by Crippen LogP contribution is -2.01. The predicted molar refractivity (Wildman–Crippen MR) is 89.0 cm³/mol. The van der Waals surface area contributed by atoms with E-state index in [9.17, 15) is 0 Å². The molecule has 0 aliphatic heterocycles. The number of benzene rings is 1. The smallest absolute Gasteiger partial charge is 0.190 e. The Morgan fingerprint density at radius 3 is 2.64 bits per heavy atom. The molecule has 0 spiro atoms. The minimum absolute atomic E-state index is 0.699. The van der Waals surface area contributed by atoms with Gasteiger partial charge in [-0.1, -0.05) is 30.8 Å². The van der Waals surface area contributed by atoms with Gasteiger partial charge in [-0.05, 0) is 12.1 Å². The molecule has 3 rings (SSSR count). The van der Waals surface area contributed by atoms with Gasteiger partial charge in [-0.25, -0.2) is 9.97 Å². The topological polar surface area (TPSA) is 68.5 Å². The van der Waals surface area contributed by atoms with E-state index in [0.29, 0.717) is 5.75 Å². The number of nitrogens with zero attached hydrogens (tertiary/aromatic N) is 5. The van der Waals surface area contributed by atoms with Gasteiger partial charge in [-0.3, -0.25) is 0 Å². The number of fused-ring (bicyclic) bond motifs is 1. The molecular formula is C15H18N6S. The molecule has 0 saturated carbocycles. The molecule has 0 radical (unpaired) electrons. The summed E-state index contributed by atoms with van der Waals surface area (Å²) in [7, 11) is 3.87. The van der Waals surface area contributed by atoms with E-state index in [4.69, 9.17) is 0 Å². The molecule has 114 valence electrons. The number of para-hydroxylation sites is 1. The van der Waals surface area contributed by atoms with E-state index >= 15 is 0 Å². The summed E-state index contributed by atoms with van der Waals surface area (Å²) in [6.07, 6.45) is 0.880. The summed E-state index contributed by atoms with van der Waals surface area (Å²) in [5, 5.41) is 13.3. The van der Waals surface area contributed by atoms with Crippen molar-refractivity contribution in [3.63, 3.8) is 0 Å². The third-order valence-electron chi connectivity index (χ3n) is 3.52. The van der Waals surface area contributed by atoms with Crippen LogP contribution in [-0.4, -0.2) is 31.8 Å². The van der Waals surface area contributed by atoms with Crippen LogP contribution in [0, 0.1) is 0 Å². The van der Waals surface area contributed by atoms with Gasteiger partial charge in [0.1, 0.15) is 17.5 Å². The summed E-state index contributed by atoms with van der Waals surface area (Å²) >= 11 is 1.57. The van der Waals surface area contributed by atoms with E-state index in [-0.39, 0.29) is 0 Å². The molecule has 7 heteroatoms. The van der Waals surface area contributed by atoms with Crippen molar-refractivity contribution in [3.05, 3.63) is 35.9 Å². The second-order valence-corrected chi connectivity index (χ2v) is 5.80. The van der Waals surface area contributed by atoms with Crippen LogP contribution in [0.1, 0.15) is 18.6 Å². The number of aryl methyl sites for hydroxylation is 1. The molecule has 2 heterocycles. The molecule has 0 unspecified atom stereocenters. The SMILES string of the molecule is CCc1nnc(CSc2nc(NC)c3ccccc3n2)n1C. The van der Waals surface area contributed by atoms with Gasteiger partial charge in [0.2, 0.25) is 0 Å². The number of hydrogen-bond donors (Lipinski definition) is 1. The second kappa shape index (κ2) is 6.31. The van der Waals surface area contributed by atoms with Crippen molar-refractivity contribution >= 4 is 28.5 Å². The number of aromatic nitrogens is 5. The quantitative estimate of drug-likeness (QED) is 0.577. The van der Waals surface area contributed by atoms with Crippen LogP contribution in [0.3, 0.4) is 0 Å². The van der Waals surface area contributed by atoms with Crippen LogP contribution in [-0.2, 0) is 19.2 Å². The van der Waals surface area contributed by atoms with Crippen molar-refractivity contribution in [3.8, 4) is 0 Å². The molecule has 0 bridgehead atoms. The van der Waals surface area contributed by atoms with Gasteiger partial charge in [-0.2, -0.15) is 0 Å². The van der Waals surface area contributed by atoms with Gasteiger partial charge < -0.3 is 9.88 Å². The highest BCUT2D eigenvalue weighted by atomic mass is 32.2. The maximum Gasteiger partial charge on any atom is 0.190 e. The molecule has 1 aromatic carbocycles. The Morgan fingerprint density at radius 1 is 1.14 bits per heavy atom. The van der Waals surface area contributed by atoms with E-state index < -0.39 is 0 Å². The average Bonchev–Trinajstić information content (AvgIpc) is 2.92. The van der Waals surface area contributed by atoms with Crippen LogP contribution in [0.5, 0.6) is 0 Å². The summed E-state index contributed by atoms with van der Waals surface area (Å²) in [6.45, 7) is 2.08. The first-order valence-corrected chi connectivity index (χ1v) is 8.16. The van der Waals surface area contributed by atoms with Gasteiger partial charge in [0, 0.05) is 25.9 Å². The third-order valence-corrected chi connectivity index (χ3v) is 4.36. The van der Waals surface area contributed by atoms with Gasteiger partial charge in [-0.15, -0.1) is 10.2 Å². The Hall–Kier alpha value is -2.15. The molecule has 0 atom stereocenters. The number of nitrogens with one attached hydrogen (secondary N) is 1. The van der Waals surface area contributed by atoms with Gasteiger partial charge in [0.05, 0.1) is 11.3 Å². The molecular weight excluding hydrogens is 296 g/mol. The molecule has 2 aromatic heterocycles. The zero-order chi connectivity index (χ0) is 15.5. The molecule has 0 saturated heterocycles. The first kappa shape index (κ1) is 14.8. The minimum atomic E-state index is 0.699. The van der Waals surface area contributed by atoms with Crippen LogP contribution < -0.4 is 5.32 Å². The lowest BCUT2D eigenvalue weighted by atomic mass is 10.2. The maximum absolute atomic E-state index is 4.61. The molecule has 22 heavy (non-hydrogen) atoms. The summed E-state index contributed by atoms with van der Waals surface area (Å²) in [6, 6.07) is 8.00. The molecule has 0 fully saturated rings. The van der Waals surface area contributed by atoms with Crippen molar-refractivity contribution in [2.75, 3.05) is 12.4 Å². The van der Waals surface area contributed by atoms with Crippen LogP contribution in [0.2, 0.25) is 0 Å². The number of rotatable bonds is 5. The lowest BCUT2D eigenvalue weighted by molar-refractivity contribution is 0.780. The van der Waals surface area contributed by atoms with E-state index in [1.165, 1.54) is 0 Å². The van der Waals surface area contributed by atoms with Crippen LogP contribution in [0.15, 0.2) is 29.4 Å². The summed E-state index contributed by atoms with van der Waals surface area (Å²) in [5.41, 5.74) is 0.941. The number of hydrogen-bond acceptors (Lipinski definition) is 6. The molecule has 6 nitrogen and oxygen atoms in total. The van der Waals surface area contributed by atoms with Crippen LogP contribution >= 0.6 is 11.8 Å². The maximum atomic E-state index is 4.61. The number of thioether (sulfide) groups is 1. The first-order valence-electron chi connectivity index (χ1n) is 7.17. The average molecular weight is 314 g/mol.